The van der Waals surface area contributed by atoms with Gasteiger partial charge in [-0.15, -0.1) is 0 Å². The van der Waals surface area contributed by atoms with Crippen LogP contribution in [0.3, 0.4) is 0 Å². The first-order chi connectivity index (χ1) is 11.3. The lowest BCUT2D eigenvalue weighted by Crippen LogP contribution is -2.08. The molecule has 0 unspecified atom stereocenters. The van der Waals surface area contributed by atoms with E-state index in [0.29, 0.717) is 0 Å². The number of nitrogens with one attached hydrogen (secondary N) is 1. The van der Waals surface area contributed by atoms with Crippen molar-refractivity contribution in [3.05, 3.63) is 102 Å². The maximum atomic E-state index is 13.1. The van der Waals surface area contributed by atoms with E-state index in [9.17, 15) is 4.39 Å². The molecular formula is C21H16FN. The smallest absolute Gasteiger partial charge is 0.123 e. The molecule has 0 bridgehead atoms. The molecule has 0 aliphatic rings. The van der Waals surface area contributed by atoms with E-state index >= 15 is 0 Å². The zero-order valence-corrected chi connectivity index (χ0v) is 12.5. The molecule has 0 amide bonds. The van der Waals surface area contributed by atoms with Crippen molar-refractivity contribution in [1.82, 2.24) is 0 Å². The van der Waals surface area contributed by atoms with E-state index in [1.54, 1.807) is 12.1 Å². The molecule has 1 N–H and O–H groups in total. The van der Waals surface area contributed by atoms with E-state index in [1.807, 2.05) is 60.7 Å². The van der Waals surface area contributed by atoms with Gasteiger partial charge in [0.1, 0.15) is 11.9 Å². The first-order valence-corrected chi connectivity index (χ1v) is 7.45. The van der Waals surface area contributed by atoms with Crippen LogP contribution in [0.2, 0.25) is 0 Å². The van der Waals surface area contributed by atoms with Crippen molar-refractivity contribution >= 4 is 5.69 Å². The maximum Gasteiger partial charge on any atom is 0.123 e. The van der Waals surface area contributed by atoms with Gasteiger partial charge in [-0.2, -0.15) is 0 Å². The van der Waals surface area contributed by atoms with E-state index < -0.39 is 0 Å². The number of hydrogen-bond acceptors (Lipinski definition) is 1. The number of rotatable bonds is 3. The summed E-state index contributed by atoms with van der Waals surface area (Å²) < 4.78 is 13.1. The highest BCUT2D eigenvalue weighted by molar-refractivity contribution is 5.49. The van der Waals surface area contributed by atoms with Gasteiger partial charge in [0.05, 0.1) is 0 Å². The molecule has 0 radical (unpaired) electrons. The van der Waals surface area contributed by atoms with E-state index in [4.69, 9.17) is 0 Å². The SMILES string of the molecule is Fc1ccc(N[C@@H](C#Cc2ccccc2)c2ccccc2)cc1. The lowest BCUT2D eigenvalue weighted by Gasteiger charge is -2.15. The highest BCUT2D eigenvalue weighted by atomic mass is 19.1. The van der Waals surface area contributed by atoms with Crippen LogP contribution in [0.15, 0.2) is 84.9 Å². The Labute approximate surface area is 135 Å². The van der Waals surface area contributed by atoms with Gasteiger partial charge in [-0.05, 0) is 42.0 Å². The van der Waals surface area contributed by atoms with Crippen LogP contribution in [0.5, 0.6) is 0 Å². The molecule has 0 saturated carbocycles. The summed E-state index contributed by atoms with van der Waals surface area (Å²) in [4.78, 5) is 0. The Morgan fingerprint density at radius 3 is 2.00 bits per heavy atom. The van der Waals surface area contributed by atoms with Crippen LogP contribution in [-0.2, 0) is 0 Å². The fourth-order valence-electron chi connectivity index (χ4n) is 2.24. The molecule has 0 fully saturated rings. The van der Waals surface area contributed by atoms with Crippen molar-refractivity contribution in [3.8, 4) is 11.8 Å². The van der Waals surface area contributed by atoms with Crippen molar-refractivity contribution < 1.29 is 4.39 Å². The second-order valence-corrected chi connectivity index (χ2v) is 5.13. The first kappa shape index (κ1) is 14.9. The van der Waals surface area contributed by atoms with Gasteiger partial charge in [-0.1, -0.05) is 60.4 Å². The summed E-state index contributed by atoms with van der Waals surface area (Å²) in [5.74, 6) is 6.20. The van der Waals surface area contributed by atoms with Gasteiger partial charge in [0, 0.05) is 11.3 Å². The average Bonchev–Trinajstić information content (AvgIpc) is 2.62. The van der Waals surface area contributed by atoms with Crippen LogP contribution in [0.1, 0.15) is 17.2 Å². The minimum Gasteiger partial charge on any atom is -0.368 e. The van der Waals surface area contributed by atoms with E-state index in [1.165, 1.54) is 12.1 Å². The van der Waals surface area contributed by atoms with Gasteiger partial charge in [0.2, 0.25) is 0 Å². The Morgan fingerprint density at radius 1 is 0.739 bits per heavy atom. The molecule has 3 aromatic carbocycles. The number of anilines is 1. The van der Waals surface area contributed by atoms with Crippen LogP contribution in [0, 0.1) is 17.7 Å². The third-order valence-corrected chi connectivity index (χ3v) is 3.42. The minimum atomic E-state index is -0.248. The van der Waals surface area contributed by atoms with Crippen LogP contribution >= 0.6 is 0 Å². The molecule has 0 heterocycles. The Hall–Kier alpha value is -3.05. The summed E-state index contributed by atoms with van der Waals surface area (Å²) in [6, 6.07) is 26.0. The zero-order valence-electron chi connectivity index (χ0n) is 12.5. The normalized spacial score (nSPS) is 11.2. The Kier molecular flexibility index (Phi) is 4.71. The molecule has 3 aromatic rings. The van der Waals surface area contributed by atoms with Gasteiger partial charge < -0.3 is 5.32 Å². The monoisotopic (exact) mass is 301 g/mol. The number of halogens is 1. The molecule has 2 heteroatoms. The Morgan fingerprint density at radius 2 is 1.35 bits per heavy atom. The maximum absolute atomic E-state index is 13.1. The number of benzene rings is 3. The van der Waals surface area contributed by atoms with Crippen LogP contribution in [-0.4, -0.2) is 0 Å². The summed E-state index contributed by atoms with van der Waals surface area (Å²) in [7, 11) is 0. The Bertz CT molecular complexity index is 799. The van der Waals surface area contributed by atoms with Crippen molar-refractivity contribution in [3.63, 3.8) is 0 Å². The first-order valence-electron chi connectivity index (χ1n) is 7.45. The van der Waals surface area contributed by atoms with Gasteiger partial charge in [-0.3, -0.25) is 0 Å². The molecule has 23 heavy (non-hydrogen) atoms. The van der Waals surface area contributed by atoms with Crippen LogP contribution in [0.4, 0.5) is 10.1 Å². The fraction of sp³-hybridized carbons (Fsp3) is 0.0476. The van der Waals surface area contributed by atoms with Gasteiger partial charge >= 0.3 is 0 Å². The topological polar surface area (TPSA) is 12.0 Å². The van der Waals surface area contributed by atoms with Crippen molar-refractivity contribution in [2.45, 2.75) is 6.04 Å². The minimum absolute atomic E-state index is 0.165. The third-order valence-electron chi connectivity index (χ3n) is 3.42. The van der Waals surface area contributed by atoms with Crippen LogP contribution in [0.25, 0.3) is 0 Å². The lowest BCUT2D eigenvalue weighted by atomic mass is 10.1. The molecule has 0 aliphatic heterocycles. The Balaban J connectivity index is 1.88. The molecule has 0 saturated heterocycles. The van der Waals surface area contributed by atoms with Gasteiger partial charge in [0.25, 0.3) is 0 Å². The molecule has 0 aliphatic carbocycles. The molecule has 1 nitrogen and oxygen atoms in total. The fourth-order valence-corrected chi connectivity index (χ4v) is 2.24. The predicted molar refractivity (Wildman–Crippen MR) is 92.5 cm³/mol. The second kappa shape index (κ2) is 7.29. The molecule has 112 valence electrons. The van der Waals surface area contributed by atoms with E-state index in [2.05, 4.69) is 17.2 Å². The van der Waals surface area contributed by atoms with Crippen LogP contribution < -0.4 is 5.32 Å². The standard InChI is InChI=1S/C21H16FN/c22-19-12-14-20(15-13-19)23-21(18-9-5-2-6-10-18)16-11-17-7-3-1-4-8-17/h1-10,12-15,21,23H/t21-/m0/s1. The third kappa shape index (κ3) is 4.21. The van der Waals surface area contributed by atoms with Crippen molar-refractivity contribution in [2.24, 2.45) is 0 Å². The summed E-state index contributed by atoms with van der Waals surface area (Å²) in [5.41, 5.74) is 2.87. The summed E-state index contributed by atoms with van der Waals surface area (Å²) >= 11 is 0. The second-order valence-electron chi connectivity index (χ2n) is 5.13. The molecular weight excluding hydrogens is 285 g/mol. The summed E-state index contributed by atoms with van der Waals surface area (Å²) in [5, 5.41) is 3.35. The molecule has 0 spiro atoms. The highest BCUT2D eigenvalue weighted by Gasteiger charge is 2.07. The van der Waals surface area contributed by atoms with E-state index in [-0.39, 0.29) is 11.9 Å². The molecule has 1 atom stereocenters. The van der Waals surface area contributed by atoms with Gasteiger partial charge in [0.15, 0.2) is 0 Å². The van der Waals surface area contributed by atoms with Crippen molar-refractivity contribution in [2.75, 3.05) is 5.32 Å². The summed E-state index contributed by atoms with van der Waals surface area (Å²) in [6.45, 7) is 0. The van der Waals surface area contributed by atoms with E-state index in [0.717, 1.165) is 16.8 Å². The lowest BCUT2D eigenvalue weighted by molar-refractivity contribution is 0.628. The average molecular weight is 301 g/mol. The quantitative estimate of drug-likeness (QED) is 0.669. The van der Waals surface area contributed by atoms with Crippen molar-refractivity contribution in [1.29, 1.82) is 0 Å². The molecule has 0 aromatic heterocycles. The molecule has 3 rings (SSSR count). The highest BCUT2D eigenvalue weighted by Crippen LogP contribution is 2.19. The number of hydrogen-bond donors (Lipinski definition) is 1. The summed E-state index contributed by atoms with van der Waals surface area (Å²) in [6.07, 6.45) is 0. The zero-order chi connectivity index (χ0) is 15.9. The van der Waals surface area contributed by atoms with Gasteiger partial charge in [-0.25, -0.2) is 4.39 Å². The predicted octanol–water partition coefficient (Wildman–Crippen LogP) is 5.03. The largest absolute Gasteiger partial charge is 0.368 e.